The van der Waals surface area contributed by atoms with Gasteiger partial charge in [-0.05, 0) is 19.1 Å². The molecule has 0 aromatic carbocycles. The highest BCUT2D eigenvalue weighted by Gasteiger charge is 2.11. The molecule has 1 aromatic heterocycles. The monoisotopic (exact) mass is 201 g/mol. The molecule has 0 unspecified atom stereocenters. The van der Waals surface area contributed by atoms with Crippen LogP contribution in [0.25, 0.3) is 0 Å². The van der Waals surface area contributed by atoms with Crippen LogP contribution in [0.1, 0.15) is 17.3 Å². The van der Waals surface area contributed by atoms with E-state index in [1.807, 2.05) is 0 Å². The van der Waals surface area contributed by atoms with Crippen LogP contribution >= 0.6 is 0 Å². The molecule has 0 aliphatic heterocycles. The third kappa shape index (κ3) is 2.76. The van der Waals surface area contributed by atoms with Crippen molar-refractivity contribution in [3.63, 3.8) is 0 Å². The Balaban J connectivity index is 2.79. The minimum atomic E-state index is -2.57. The summed E-state index contributed by atoms with van der Waals surface area (Å²) in [4.78, 5) is 14.7. The number of hydrogen-bond acceptors (Lipinski definition) is 3. The predicted octanol–water partition coefficient (Wildman–Crippen LogP) is 1.93. The molecule has 0 saturated heterocycles. The number of carbonyl (C=O) groups is 1. The Bertz CT molecular complexity index is 328. The third-order valence-corrected chi connectivity index (χ3v) is 1.50. The zero-order valence-corrected chi connectivity index (χ0v) is 7.54. The van der Waals surface area contributed by atoms with E-state index in [1.54, 1.807) is 6.07 Å². The second-order valence-corrected chi connectivity index (χ2v) is 2.61. The summed E-state index contributed by atoms with van der Waals surface area (Å²) in [5.41, 5.74) is 0.216. The second-order valence-electron chi connectivity index (χ2n) is 2.61. The molecule has 1 aromatic rings. The van der Waals surface area contributed by atoms with Gasteiger partial charge in [-0.3, -0.25) is 4.79 Å². The summed E-state index contributed by atoms with van der Waals surface area (Å²) < 4.78 is 28.3. The van der Waals surface area contributed by atoms with Crippen molar-refractivity contribution < 1.29 is 18.3 Å². The summed E-state index contributed by atoms with van der Waals surface area (Å²) in [6, 6.07) is 3.03. The lowest BCUT2D eigenvalue weighted by atomic mass is 10.2. The number of alkyl halides is 2. The lowest BCUT2D eigenvalue weighted by molar-refractivity contribution is 0.0779. The van der Waals surface area contributed by atoms with Gasteiger partial charge in [0.1, 0.15) is 0 Å². The third-order valence-electron chi connectivity index (χ3n) is 1.50. The number of ether oxygens (including phenoxy) is 1. The number of rotatable bonds is 4. The predicted molar refractivity (Wildman–Crippen MR) is 45.7 cm³/mol. The number of hydrogen-bond donors (Lipinski definition) is 0. The molecule has 0 aliphatic rings. The van der Waals surface area contributed by atoms with Crippen LogP contribution in [0.5, 0.6) is 5.88 Å². The highest BCUT2D eigenvalue weighted by Crippen LogP contribution is 2.15. The van der Waals surface area contributed by atoms with Crippen molar-refractivity contribution in [3.8, 4) is 5.88 Å². The van der Waals surface area contributed by atoms with Gasteiger partial charge in [0.05, 0.1) is 5.56 Å². The number of halogens is 2. The molecule has 0 amide bonds. The maximum absolute atomic E-state index is 11.8. The summed E-state index contributed by atoms with van der Waals surface area (Å²) in [5.74, 6) is -0.303. The fraction of sp³-hybridized carbons (Fsp3) is 0.333. The van der Waals surface area contributed by atoms with Crippen molar-refractivity contribution in [2.24, 2.45) is 0 Å². The lowest BCUT2D eigenvalue weighted by Gasteiger charge is -2.06. The van der Waals surface area contributed by atoms with Crippen molar-refractivity contribution in [3.05, 3.63) is 23.9 Å². The molecule has 76 valence electrons. The number of pyridine rings is 1. The van der Waals surface area contributed by atoms with Gasteiger partial charge in [0, 0.05) is 6.20 Å². The van der Waals surface area contributed by atoms with Crippen LogP contribution in [0.3, 0.4) is 0 Å². The van der Waals surface area contributed by atoms with Crippen LogP contribution in [0.15, 0.2) is 18.3 Å². The summed E-state index contributed by atoms with van der Waals surface area (Å²) in [7, 11) is 0. The van der Waals surface area contributed by atoms with E-state index in [1.165, 1.54) is 19.2 Å². The minimum Gasteiger partial charge on any atom is -0.471 e. The molecular weight excluding hydrogens is 192 g/mol. The van der Waals surface area contributed by atoms with Crippen molar-refractivity contribution in [2.75, 3.05) is 6.61 Å². The van der Waals surface area contributed by atoms with Gasteiger partial charge < -0.3 is 4.74 Å². The Morgan fingerprint density at radius 1 is 1.64 bits per heavy atom. The first-order valence-corrected chi connectivity index (χ1v) is 3.98. The maximum Gasteiger partial charge on any atom is 0.272 e. The average Bonchev–Trinajstić information content (AvgIpc) is 2.15. The molecule has 14 heavy (non-hydrogen) atoms. The topological polar surface area (TPSA) is 39.2 Å². The molecule has 0 saturated carbocycles. The van der Waals surface area contributed by atoms with Crippen molar-refractivity contribution >= 4 is 5.78 Å². The molecule has 0 spiro atoms. The van der Waals surface area contributed by atoms with E-state index < -0.39 is 13.0 Å². The Labute approximate surface area is 79.7 Å². The fourth-order valence-corrected chi connectivity index (χ4v) is 0.916. The zero-order chi connectivity index (χ0) is 10.6. The summed E-state index contributed by atoms with van der Waals surface area (Å²) in [6.07, 6.45) is -1.19. The molecule has 1 rings (SSSR count). The quantitative estimate of drug-likeness (QED) is 0.698. The van der Waals surface area contributed by atoms with E-state index in [0.717, 1.165) is 0 Å². The molecule has 1 heterocycles. The number of Topliss-reactive ketones (excluding diaryl/α,β-unsaturated/α-hetero) is 1. The fourth-order valence-electron chi connectivity index (χ4n) is 0.916. The Morgan fingerprint density at radius 3 is 2.93 bits per heavy atom. The van der Waals surface area contributed by atoms with Crippen molar-refractivity contribution in [1.29, 1.82) is 0 Å². The van der Waals surface area contributed by atoms with Gasteiger partial charge in [-0.2, -0.15) is 0 Å². The number of nitrogens with zero attached hydrogens (tertiary/aromatic N) is 1. The van der Waals surface area contributed by atoms with Gasteiger partial charge in [0.2, 0.25) is 5.88 Å². The van der Waals surface area contributed by atoms with Crippen LogP contribution in [-0.4, -0.2) is 23.8 Å². The highest BCUT2D eigenvalue weighted by atomic mass is 19.3. The van der Waals surface area contributed by atoms with Crippen LogP contribution in [0, 0.1) is 0 Å². The Hall–Kier alpha value is -1.52. The first kappa shape index (κ1) is 10.6. The first-order valence-electron chi connectivity index (χ1n) is 3.98. The van der Waals surface area contributed by atoms with E-state index in [0.29, 0.717) is 0 Å². The summed E-state index contributed by atoms with van der Waals surface area (Å²) in [5, 5.41) is 0. The molecule has 0 radical (unpaired) electrons. The van der Waals surface area contributed by atoms with Crippen molar-refractivity contribution in [1.82, 2.24) is 4.98 Å². The molecule has 0 atom stereocenters. The van der Waals surface area contributed by atoms with Crippen LogP contribution in [-0.2, 0) is 0 Å². The van der Waals surface area contributed by atoms with Crippen LogP contribution in [0.4, 0.5) is 8.78 Å². The van der Waals surface area contributed by atoms with E-state index in [2.05, 4.69) is 9.72 Å². The standard InChI is InChI=1S/C9H9F2NO2/c1-6(13)7-3-2-4-12-9(7)14-5-8(10)11/h2-4,8H,5H2,1H3. The van der Waals surface area contributed by atoms with E-state index >= 15 is 0 Å². The van der Waals surface area contributed by atoms with Crippen molar-refractivity contribution in [2.45, 2.75) is 13.3 Å². The molecule has 5 heteroatoms. The molecule has 0 bridgehead atoms. The Kier molecular flexibility index (Phi) is 3.50. The van der Waals surface area contributed by atoms with Gasteiger partial charge in [-0.25, -0.2) is 13.8 Å². The van der Waals surface area contributed by atoms with Crippen LogP contribution in [0.2, 0.25) is 0 Å². The smallest absolute Gasteiger partial charge is 0.272 e. The zero-order valence-electron chi connectivity index (χ0n) is 7.54. The molecule has 0 N–H and O–H groups in total. The molecule has 3 nitrogen and oxygen atoms in total. The van der Waals surface area contributed by atoms with Gasteiger partial charge in [-0.1, -0.05) is 0 Å². The minimum absolute atomic E-state index is 0.0414. The van der Waals surface area contributed by atoms with Gasteiger partial charge >= 0.3 is 0 Å². The van der Waals surface area contributed by atoms with E-state index in [9.17, 15) is 13.6 Å². The number of carbonyl (C=O) groups excluding carboxylic acids is 1. The van der Waals surface area contributed by atoms with Gasteiger partial charge in [0.25, 0.3) is 6.43 Å². The number of aromatic nitrogens is 1. The first-order chi connectivity index (χ1) is 6.61. The summed E-state index contributed by atoms with van der Waals surface area (Å²) >= 11 is 0. The Morgan fingerprint density at radius 2 is 2.36 bits per heavy atom. The lowest BCUT2D eigenvalue weighted by Crippen LogP contribution is -2.10. The van der Waals surface area contributed by atoms with E-state index in [4.69, 9.17) is 0 Å². The molecule has 0 aliphatic carbocycles. The number of ketones is 1. The van der Waals surface area contributed by atoms with Gasteiger partial charge in [0.15, 0.2) is 12.4 Å². The average molecular weight is 201 g/mol. The SMILES string of the molecule is CC(=O)c1cccnc1OCC(F)F. The van der Waals surface area contributed by atoms with E-state index in [-0.39, 0.29) is 17.2 Å². The molecular formula is C9H9F2NO2. The highest BCUT2D eigenvalue weighted by molar-refractivity contribution is 5.96. The van der Waals surface area contributed by atoms with Crippen LogP contribution < -0.4 is 4.74 Å². The maximum atomic E-state index is 11.8. The summed E-state index contributed by atoms with van der Waals surface area (Å²) in [6.45, 7) is 0.573. The molecule has 0 fully saturated rings. The largest absolute Gasteiger partial charge is 0.471 e. The van der Waals surface area contributed by atoms with Gasteiger partial charge in [-0.15, -0.1) is 0 Å². The second kappa shape index (κ2) is 4.64. The normalized spacial score (nSPS) is 10.3.